The zero-order valence-electron chi connectivity index (χ0n) is 11.5. The summed E-state index contributed by atoms with van der Waals surface area (Å²) in [6, 6.07) is 8.20. The Morgan fingerprint density at radius 1 is 1.25 bits per heavy atom. The molecule has 0 fully saturated rings. The maximum Gasteiger partial charge on any atom is 0.411 e. The van der Waals surface area contributed by atoms with E-state index in [9.17, 15) is 13.2 Å². The Labute approximate surface area is 126 Å². The molecular formula is C15H20BrF3O. The van der Waals surface area contributed by atoms with Crippen LogP contribution in [0.15, 0.2) is 24.3 Å². The van der Waals surface area contributed by atoms with Crippen molar-refractivity contribution in [2.24, 2.45) is 5.92 Å². The first-order valence-electron chi connectivity index (χ1n) is 6.67. The molecular weight excluding hydrogens is 333 g/mol. The maximum atomic E-state index is 11.9. The molecule has 1 aromatic carbocycles. The van der Waals surface area contributed by atoms with Crippen LogP contribution in [-0.4, -0.2) is 24.7 Å². The molecule has 0 aliphatic heterocycles. The Bertz CT molecular complexity index is 393. The number of hydrogen-bond donors (Lipinski definition) is 0. The highest BCUT2D eigenvalue weighted by Crippen LogP contribution is 2.20. The van der Waals surface area contributed by atoms with E-state index in [1.807, 2.05) is 12.1 Å². The molecule has 0 radical (unpaired) electrons. The molecule has 0 aliphatic rings. The van der Waals surface area contributed by atoms with Crippen LogP contribution in [0.5, 0.6) is 0 Å². The Morgan fingerprint density at radius 2 is 1.95 bits per heavy atom. The van der Waals surface area contributed by atoms with Gasteiger partial charge in [-0.25, -0.2) is 0 Å². The summed E-state index contributed by atoms with van der Waals surface area (Å²) in [7, 11) is 0. The molecule has 1 unspecified atom stereocenters. The van der Waals surface area contributed by atoms with Crippen LogP contribution in [0.2, 0.25) is 0 Å². The number of aryl methyl sites for hydroxylation is 1. The standard InChI is InChI=1S/C15H20BrF3O/c1-12-5-2-3-7-14(12)9-13(10-16)6-4-8-20-11-15(17,18)19/h2-3,5,7,13H,4,6,8-11H2,1H3. The average Bonchev–Trinajstić information content (AvgIpc) is 2.38. The van der Waals surface area contributed by atoms with Crippen LogP contribution in [0.25, 0.3) is 0 Å². The Balaban J connectivity index is 2.28. The van der Waals surface area contributed by atoms with Gasteiger partial charge in [-0.15, -0.1) is 0 Å². The topological polar surface area (TPSA) is 9.23 Å². The predicted molar refractivity (Wildman–Crippen MR) is 78.3 cm³/mol. The number of hydrogen-bond acceptors (Lipinski definition) is 1. The molecule has 1 atom stereocenters. The summed E-state index contributed by atoms with van der Waals surface area (Å²) in [5, 5.41) is 0.848. The van der Waals surface area contributed by atoms with Gasteiger partial charge in [0.05, 0.1) is 0 Å². The quantitative estimate of drug-likeness (QED) is 0.477. The minimum atomic E-state index is -4.23. The van der Waals surface area contributed by atoms with Crippen molar-refractivity contribution in [3.05, 3.63) is 35.4 Å². The van der Waals surface area contributed by atoms with Gasteiger partial charge in [0.15, 0.2) is 0 Å². The second-order valence-corrected chi connectivity index (χ2v) is 5.61. The summed E-state index contributed by atoms with van der Waals surface area (Å²) in [5.41, 5.74) is 2.56. The van der Waals surface area contributed by atoms with Crippen molar-refractivity contribution in [1.29, 1.82) is 0 Å². The second kappa shape index (κ2) is 8.67. The van der Waals surface area contributed by atoms with Crippen molar-refractivity contribution < 1.29 is 17.9 Å². The van der Waals surface area contributed by atoms with Crippen LogP contribution >= 0.6 is 15.9 Å². The third kappa shape index (κ3) is 7.29. The van der Waals surface area contributed by atoms with Crippen molar-refractivity contribution in [3.63, 3.8) is 0 Å². The number of rotatable bonds is 8. The summed E-state index contributed by atoms with van der Waals surface area (Å²) in [5.74, 6) is 0.422. The Morgan fingerprint density at radius 3 is 2.55 bits per heavy atom. The van der Waals surface area contributed by atoms with Gasteiger partial charge in [-0.1, -0.05) is 40.2 Å². The molecule has 1 aromatic rings. The molecule has 0 heterocycles. The Hall–Kier alpha value is -0.550. The van der Waals surface area contributed by atoms with Gasteiger partial charge in [0.2, 0.25) is 0 Å². The lowest BCUT2D eigenvalue weighted by Gasteiger charge is -2.16. The van der Waals surface area contributed by atoms with E-state index in [4.69, 9.17) is 0 Å². The largest absolute Gasteiger partial charge is 0.411 e. The van der Waals surface area contributed by atoms with Crippen molar-refractivity contribution in [3.8, 4) is 0 Å². The molecule has 114 valence electrons. The molecule has 0 N–H and O–H groups in total. The third-order valence-electron chi connectivity index (χ3n) is 3.15. The zero-order valence-corrected chi connectivity index (χ0v) is 13.1. The SMILES string of the molecule is Cc1ccccc1CC(CBr)CCCOCC(F)(F)F. The van der Waals surface area contributed by atoms with E-state index in [0.717, 1.165) is 18.2 Å². The van der Waals surface area contributed by atoms with Gasteiger partial charge in [-0.05, 0) is 43.2 Å². The van der Waals surface area contributed by atoms with Crippen LogP contribution in [0.3, 0.4) is 0 Å². The van der Waals surface area contributed by atoms with Gasteiger partial charge in [0, 0.05) is 11.9 Å². The van der Waals surface area contributed by atoms with Crippen molar-refractivity contribution in [2.75, 3.05) is 18.5 Å². The summed E-state index contributed by atoms with van der Waals surface area (Å²) < 4.78 is 40.3. The highest BCUT2D eigenvalue weighted by Gasteiger charge is 2.27. The number of ether oxygens (including phenoxy) is 1. The first kappa shape index (κ1) is 17.5. The lowest BCUT2D eigenvalue weighted by atomic mass is 9.94. The lowest BCUT2D eigenvalue weighted by Crippen LogP contribution is -2.18. The fraction of sp³-hybridized carbons (Fsp3) is 0.600. The van der Waals surface area contributed by atoms with Crippen molar-refractivity contribution in [1.82, 2.24) is 0 Å². The number of alkyl halides is 4. The van der Waals surface area contributed by atoms with Gasteiger partial charge in [-0.3, -0.25) is 0 Å². The van der Waals surface area contributed by atoms with Crippen LogP contribution < -0.4 is 0 Å². The molecule has 0 saturated carbocycles. The monoisotopic (exact) mass is 352 g/mol. The van der Waals surface area contributed by atoms with Crippen LogP contribution in [0, 0.1) is 12.8 Å². The van der Waals surface area contributed by atoms with Gasteiger partial charge < -0.3 is 4.74 Å². The molecule has 20 heavy (non-hydrogen) atoms. The summed E-state index contributed by atoms with van der Waals surface area (Å²) >= 11 is 3.48. The lowest BCUT2D eigenvalue weighted by molar-refractivity contribution is -0.174. The van der Waals surface area contributed by atoms with Gasteiger partial charge in [0.1, 0.15) is 6.61 Å². The molecule has 0 saturated heterocycles. The molecule has 5 heteroatoms. The molecule has 1 nitrogen and oxygen atoms in total. The Kier molecular flexibility index (Phi) is 7.59. The van der Waals surface area contributed by atoms with Crippen LogP contribution in [0.1, 0.15) is 24.0 Å². The third-order valence-corrected chi connectivity index (χ3v) is 4.07. The molecule has 1 rings (SSSR count). The first-order valence-corrected chi connectivity index (χ1v) is 7.79. The molecule has 0 aliphatic carbocycles. The average molecular weight is 353 g/mol. The summed E-state index contributed by atoms with van der Waals surface area (Å²) in [6.45, 7) is 1.09. The van der Waals surface area contributed by atoms with Gasteiger partial charge >= 0.3 is 6.18 Å². The van der Waals surface area contributed by atoms with E-state index >= 15 is 0 Å². The molecule has 0 aromatic heterocycles. The molecule has 0 amide bonds. The van der Waals surface area contributed by atoms with Crippen molar-refractivity contribution in [2.45, 2.75) is 32.4 Å². The fourth-order valence-corrected chi connectivity index (χ4v) is 2.60. The van der Waals surface area contributed by atoms with E-state index in [-0.39, 0.29) is 6.61 Å². The first-order chi connectivity index (χ1) is 9.42. The highest BCUT2D eigenvalue weighted by atomic mass is 79.9. The van der Waals surface area contributed by atoms with Crippen molar-refractivity contribution >= 4 is 15.9 Å². The highest BCUT2D eigenvalue weighted by molar-refractivity contribution is 9.09. The zero-order chi connectivity index (χ0) is 15.0. The van der Waals surface area contributed by atoms with Crippen LogP contribution in [0.4, 0.5) is 13.2 Å². The predicted octanol–water partition coefficient (Wildman–Crippen LogP) is 4.91. The molecule has 0 spiro atoms. The minimum absolute atomic E-state index is 0.163. The normalized spacial score (nSPS) is 13.4. The number of benzene rings is 1. The van der Waals surface area contributed by atoms with E-state index in [0.29, 0.717) is 12.3 Å². The number of halogens is 4. The minimum Gasteiger partial charge on any atom is -0.372 e. The van der Waals surface area contributed by atoms with E-state index in [1.54, 1.807) is 0 Å². The van der Waals surface area contributed by atoms with E-state index in [2.05, 4.69) is 39.7 Å². The molecule has 0 bridgehead atoms. The summed E-state index contributed by atoms with van der Waals surface area (Å²) in [6.07, 6.45) is -1.77. The van der Waals surface area contributed by atoms with E-state index in [1.165, 1.54) is 11.1 Å². The summed E-state index contributed by atoms with van der Waals surface area (Å²) in [4.78, 5) is 0. The fourth-order valence-electron chi connectivity index (χ4n) is 2.05. The smallest absolute Gasteiger partial charge is 0.372 e. The van der Waals surface area contributed by atoms with Crippen LogP contribution in [-0.2, 0) is 11.2 Å². The van der Waals surface area contributed by atoms with Gasteiger partial charge in [-0.2, -0.15) is 13.2 Å². The second-order valence-electron chi connectivity index (χ2n) is 4.96. The van der Waals surface area contributed by atoms with E-state index < -0.39 is 12.8 Å². The maximum absolute atomic E-state index is 11.9. The van der Waals surface area contributed by atoms with Gasteiger partial charge in [0.25, 0.3) is 0 Å².